The van der Waals surface area contributed by atoms with Gasteiger partial charge < -0.3 is 11.1 Å². The van der Waals surface area contributed by atoms with Crippen LogP contribution in [0.4, 0.5) is 10.2 Å². The third-order valence-electron chi connectivity index (χ3n) is 2.50. The standard InChI is InChI=1S/C12H13FN4O/c1-7-2-8(4-10(13)3-7)12(18)15-5-9-6-16-17-11(9)14/h2-4,6H,5H2,1H3,(H,15,18)(H3,14,16,17). The fourth-order valence-electron chi connectivity index (χ4n) is 1.61. The minimum atomic E-state index is -0.428. The van der Waals surface area contributed by atoms with Gasteiger partial charge in [0.05, 0.1) is 6.20 Å². The lowest BCUT2D eigenvalue weighted by Gasteiger charge is -2.05. The number of rotatable bonds is 3. The number of anilines is 1. The molecule has 0 aliphatic rings. The number of nitrogens with one attached hydrogen (secondary N) is 2. The van der Waals surface area contributed by atoms with E-state index in [1.807, 2.05) is 0 Å². The molecule has 0 saturated carbocycles. The SMILES string of the molecule is Cc1cc(F)cc(C(=O)NCc2cn[nH]c2N)c1. The molecule has 0 unspecified atom stereocenters. The molecule has 18 heavy (non-hydrogen) atoms. The Kier molecular flexibility index (Phi) is 3.27. The van der Waals surface area contributed by atoms with Crippen molar-refractivity contribution in [3.05, 3.63) is 46.9 Å². The Morgan fingerprint density at radius 1 is 1.50 bits per heavy atom. The predicted molar refractivity (Wildman–Crippen MR) is 65.3 cm³/mol. The first-order chi connectivity index (χ1) is 8.56. The molecule has 0 bridgehead atoms. The number of aromatic amines is 1. The van der Waals surface area contributed by atoms with Crippen LogP contribution in [-0.2, 0) is 6.54 Å². The van der Waals surface area contributed by atoms with Gasteiger partial charge in [0.1, 0.15) is 11.6 Å². The topological polar surface area (TPSA) is 83.8 Å². The van der Waals surface area contributed by atoms with Gasteiger partial charge in [0.25, 0.3) is 5.91 Å². The van der Waals surface area contributed by atoms with E-state index in [1.165, 1.54) is 18.3 Å². The summed E-state index contributed by atoms with van der Waals surface area (Å²) >= 11 is 0. The van der Waals surface area contributed by atoms with Crippen LogP contribution in [0.1, 0.15) is 21.5 Å². The summed E-state index contributed by atoms with van der Waals surface area (Å²) in [5.74, 6) is -0.369. The zero-order valence-electron chi connectivity index (χ0n) is 9.83. The van der Waals surface area contributed by atoms with E-state index in [1.54, 1.807) is 13.0 Å². The summed E-state index contributed by atoms with van der Waals surface area (Å²) in [6.07, 6.45) is 1.53. The maximum Gasteiger partial charge on any atom is 0.251 e. The molecule has 0 aliphatic carbocycles. The molecule has 0 aliphatic heterocycles. The molecule has 2 aromatic rings. The number of halogens is 1. The van der Waals surface area contributed by atoms with Gasteiger partial charge in [-0.2, -0.15) is 5.10 Å². The molecule has 1 aromatic heterocycles. The molecule has 1 aromatic carbocycles. The first kappa shape index (κ1) is 12.1. The van der Waals surface area contributed by atoms with Gasteiger partial charge in [-0.05, 0) is 30.7 Å². The van der Waals surface area contributed by atoms with E-state index in [2.05, 4.69) is 15.5 Å². The molecule has 1 amide bonds. The molecule has 94 valence electrons. The number of hydrogen-bond donors (Lipinski definition) is 3. The van der Waals surface area contributed by atoms with Gasteiger partial charge in [-0.1, -0.05) is 0 Å². The van der Waals surface area contributed by atoms with E-state index in [0.717, 1.165) is 0 Å². The highest BCUT2D eigenvalue weighted by Crippen LogP contribution is 2.09. The molecule has 2 rings (SSSR count). The fourth-order valence-corrected chi connectivity index (χ4v) is 1.61. The van der Waals surface area contributed by atoms with Crippen molar-refractivity contribution in [1.29, 1.82) is 0 Å². The van der Waals surface area contributed by atoms with Crippen molar-refractivity contribution in [2.45, 2.75) is 13.5 Å². The van der Waals surface area contributed by atoms with Crippen LogP contribution in [0.15, 0.2) is 24.4 Å². The van der Waals surface area contributed by atoms with Gasteiger partial charge in [-0.25, -0.2) is 4.39 Å². The highest BCUT2D eigenvalue weighted by molar-refractivity contribution is 5.94. The van der Waals surface area contributed by atoms with Crippen LogP contribution in [0, 0.1) is 12.7 Å². The smallest absolute Gasteiger partial charge is 0.251 e. The summed E-state index contributed by atoms with van der Waals surface area (Å²) in [6, 6.07) is 4.18. The van der Waals surface area contributed by atoms with Crippen molar-refractivity contribution in [1.82, 2.24) is 15.5 Å². The Labute approximate surface area is 103 Å². The van der Waals surface area contributed by atoms with Gasteiger partial charge in [0, 0.05) is 17.7 Å². The van der Waals surface area contributed by atoms with Crippen molar-refractivity contribution in [3.8, 4) is 0 Å². The van der Waals surface area contributed by atoms with Crippen LogP contribution in [0.5, 0.6) is 0 Å². The minimum Gasteiger partial charge on any atom is -0.384 e. The van der Waals surface area contributed by atoms with Gasteiger partial charge >= 0.3 is 0 Å². The van der Waals surface area contributed by atoms with E-state index >= 15 is 0 Å². The summed E-state index contributed by atoms with van der Waals surface area (Å²) in [5.41, 5.74) is 7.26. The number of nitrogen functional groups attached to an aromatic ring is 1. The summed E-state index contributed by atoms with van der Waals surface area (Å²) in [4.78, 5) is 11.8. The number of nitrogens with two attached hydrogens (primary N) is 1. The number of H-pyrrole nitrogens is 1. The first-order valence-corrected chi connectivity index (χ1v) is 5.39. The van der Waals surface area contributed by atoms with Crippen LogP contribution < -0.4 is 11.1 Å². The summed E-state index contributed by atoms with van der Waals surface area (Å²) < 4.78 is 13.2. The number of carbonyl (C=O) groups excluding carboxylic acids is 1. The average molecular weight is 248 g/mol. The second-order valence-corrected chi connectivity index (χ2v) is 4.01. The number of nitrogens with zero attached hydrogens (tertiary/aromatic N) is 1. The Hall–Kier alpha value is -2.37. The molecule has 0 atom stereocenters. The van der Waals surface area contributed by atoms with Crippen LogP contribution in [0.3, 0.4) is 0 Å². The highest BCUT2D eigenvalue weighted by Gasteiger charge is 2.09. The number of carbonyl (C=O) groups is 1. The molecule has 0 radical (unpaired) electrons. The average Bonchev–Trinajstić information content (AvgIpc) is 2.70. The highest BCUT2D eigenvalue weighted by atomic mass is 19.1. The van der Waals surface area contributed by atoms with E-state index in [9.17, 15) is 9.18 Å². The second kappa shape index (κ2) is 4.87. The number of benzene rings is 1. The van der Waals surface area contributed by atoms with Crippen LogP contribution >= 0.6 is 0 Å². The second-order valence-electron chi connectivity index (χ2n) is 4.01. The lowest BCUT2D eigenvalue weighted by molar-refractivity contribution is 0.0950. The van der Waals surface area contributed by atoms with Gasteiger partial charge in [-0.15, -0.1) is 0 Å². The van der Waals surface area contributed by atoms with Crippen molar-refractivity contribution in [2.24, 2.45) is 0 Å². The quantitative estimate of drug-likeness (QED) is 0.767. The summed E-state index contributed by atoms with van der Waals surface area (Å²) in [6.45, 7) is 1.98. The molecule has 4 N–H and O–H groups in total. The monoisotopic (exact) mass is 248 g/mol. The number of amides is 1. The maximum atomic E-state index is 13.2. The van der Waals surface area contributed by atoms with Crippen molar-refractivity contribution >= 4 is 11.7 Å². The third-order valence-corrected chi connectivity index (χ3v) is 2.50. The minimum absolute atomic E-state index is 0.247. The molecule has 1 heterocycles. The lowest BCUT2D eigenvalue weighted by Crippen LogP contribution is -2.23. The molecular formula is C12H13FN4O. The Balaban J connectivity index is 2.06. The lowest BCUT2D eigenvalue weighted by atomic mass is 10.1. The Morgan fingerprint density at radius 2 is 2.28 bits per heavy atom. The predicted octanol–water partition coefficient (Wildman–Crippen LogP) is 1.37. The maximum absolute atomic E-state index is 13.2. The van der Waals surface area contributed by atoms with E-state index in [4.69, 9.17) is 5.73 Å². The zero-order chi connectivity index (χ0) is 13.1. The van der Waals surface area contributed by atoms with Gasteiger partial charge in [-0.3, -0.25) is 9.89 Å². The molecule has 6 heteroatoms. The van der Waals surface area contributed by atoms with Crippen LogP contribution in [-0.4, -0.2) is 16.1 Å². The van der Waals surface area contributed by atoms with Crippen LogP contribution in [0.2, 0.25) is 0 Å². The summed E-state index contributed by atoms with van der Waals surface area (Å²) in [7, 11) is 0. The molecule has 0 saturated heterocycles. The van der Waals surface area contributed by atoms with Crippen molar-refractivity contribution in [3.63, 3.8) is 0 Å². The van der Waals surface area contributed by atoms with Gasteiger partial charge in [0.15, 0.2) is 0 Å². The zero-order valence-corrected chi connectivity index (χ0v) is 9.83. The molecular weight excluding hydrogens is 235 g/mol. The number of aromatic nitrogens is 2. The number of aryl methyl sites for hydroxylation is 1. The van der Waals surface area contributed by atoms with E-state index in [0.29, 0.717) is 16.9 Å². The normalized spacial score (nSPS) is 10.3. The van der Waals surface area contributed by atoms with Gasteiger partial charge in [0.2, 0.25) is 0 Å². The Morgan fingerprint density at radius 3 is 2.89 bits per heavy atom. The van der Waals surface area contributed by atoms with Crippen molar-refractivity contribution in [2.75, 3.05) is 5.73 Å². The Bertz CT molecular complexity index is 559. The largest absolute Gasteiger partial charge is 0.384 e. The number of hydrogen-bond acceptors (Lipinski definition) is 3. The van der Waals surface area contributed by atoms with Crippen molar-refractivity contribution < 1.29 is 9.18 Å². The first-order valence-electron chi connectivity index (χ1n) is 5.39. The summed E-state index contributed by atoms with van der Waals surface area (Å²) in [5, 5.41) is 8.96. The van der Waals surface area contributed by atoms with E-state index < -0.39 is 5.82 Å². The third kappa shape index (κ3) is 2.65. The molecule has 5 nitrogen and oxygen atoms in total. The van der Waals surface area contributed by atoms with E-state index in [-0.39, 0.29) is 18.0 Å². The van der Waals surface area contributed by atoms with Crippen LogP contribution in [0.25, 0.3) is 0 Å². The molecule has 0 spiro atoms. The fraction of sp³-hybridized carbons (Fsp3) is 0.167. The molecule has 0 fully saturated rings.